The van der Waals surface area contributed by atoms with Crippen molar-refractivity contribution in [3.8, 4) is 0 Å². The predicted molar refractivity (Wildman–Crippen MR) is 118 cm³/mol. The molecule has 0 fully saturated rings. The summed E-state index contributed by atoms with van der Waals surface area (Å²) in [5, 5.41) is 23.0. The molecular weight excluding hydrogens is 362 g/mol. The van der Waals surface area contributed by atoms with Gasteiger partial charge in [-0.05, 0) is 12.0 Å². The molecule has 0 aromatic heterocycles. The van der Waals surface area contributed by atoms with Crippen LogP contribution in [0.25, 0.3) is 0 Å². The van der Waals surface area contributed by atoms with E-state index >= 15 is 0 Å². The smallest absolute Gasteiger partial charge is 0.146 e. The number of carbonyl (C=O) groups excluding carboxylic acids is 1. The van der Waals surface area contributed by atoms with Crippen molar-refractivity contribution < 1.29 is 19.5 Å². The molecule has 0 aliphatic heterocycles. The van der Waals surface area contributed by atoms with Gasteiger partial charge in [-0.25, -0.2) is 0 Å². The number of aliphatic hydroxyl groups is 1. The monoisotopic (exact) mass is 405 g/mol. The van der Waals surface area contributed by atoms with Gasteiger partial charge in [-0.15, -0.1) is 0 Å². The molecule has 4 nitrogen and oxygen atoms in total. The molecule has 0 saturated heterocycles. The average Bonchev–Trinajstić information content (AvgIpc) is 2.65. The van der Waals surface area contributed by atoms with Crippen molar-refractivity contribution in [1.29, 1.82) is 0 Å². The molecule has 29 heavy (non-hydrogen) atoms. The van der Waals surface area contributed by atoms with Crippen molar-refractivity contribution in [3.63, 3.8) is 0 Å². The number of carbonyl (C=O) groups is 1. The zero-order chi connectivity index (χ0) is 21.8. The first kappa shape index (κ1) is 25.6. The summed E-state index contributed by atoms with van der Waals surface area (Å²) in [4.78, 5) is 11.5. The van der Waals surface area contributed by atoms with Crippen molar-refractivity contribution in [2.45, 2.75) is 95.6 Å². The first-order valence-corrected chi connectivity index (χ1v) is 11.5. The number of carboxylic acids is 1. The van der Waals surface area contributed by atoms with Crippen LogP contribution in [0.15, 0.2) is 30.3 Å². The summed E-state index contributed by atoms with van der Waals surface area (Å²) in [5.41, 5.74) is -0.771. The number of hydrogen-bond donors (Lipinski definition) is 1. The Hall–Kier alpha value is -1.39. The number of carboxylic acid groups (broad SMARTS) is 1. The van der Waals surface area contributed by atoms with Gasteiger partial charge in [0.05, 0.1) is 21.1 Å². The van der Waals surface area contributed by atoms with Gasteiger partial charge in [-0.2, -0.15) is 0 Å². The zero-order valence-corrected chi connectivity index (χ0v) is 19.2. The summed E-state index contributed by atoms with van der Waals surface area (Å²) in [5.74, 6) is -1.21. The fourth-order valence-electron chi connectivity index (χ4n) is 4.45. The van der Waals surface area contributed by atoms with Crippen molar-refractivity contribution in [1.82, 2.24) is 0 Å². The fourth-order valence-corrected chi connectivity index (χ4v) is 4.45. The van der Waals surface area contributed by atoms with Gasteiger partial charge in [0.1, 0.15) is 11.6 Å². The lowest BCUT2D eigenvalue weighted by atomic mass is 9.79. The van der Waals surface area contributed by atoms with Crippen molar-refractivity contribution >= 4 is 5.97 Å². The predicted octanol–water partition coefficient (Wildman–Crippen LogP) is 4.40. The van der Waals surface area contributed by atoms with E-state index in [1.165, 1.54) is 51.4 Å². The van der Waals surface area contributed by atoms with E-state index in [2.05, 4.69) is 6.92 Å². The van der Waals surface area contributed by atoms with Crippen LogP contribution >= 0.6 is 0 Å². The van der Waals surface area contributed by atoms with Gasteiger partial charge < -0.3 is 19.5 Å². The molecule has 1 rings (SSSR count). The summed E-state index contributed by atoms with van der Waals surface area (Å²) in [7, 11) is 6.10. The van der Waals surface area contributed by atoms with Gasteiger partial charge in [-0.3, -0.25) is 0 Å². The Morgan fingerprint density at radius 3 is 1.86 bits per heavy atom. The van der Waals surface area contributed by atoms with Crippen LogP contribution in [-0.2, 0) is 10.4 Å². The van der Waals surface area contributed by atoms with Crippen LogP contribution in [0.3, 0.4) is 0 Å². The average molecular weight is 406 g/mol. The van der Waals surface area contributed by atoms with Crippen molar-refractivity contribution in [2.75, 3.05) is 21.1 Å². The second kappa shape index (κ2) is 13.0. The van der Waals surface area contributed by atoms with E-state index in [0.29, 0.717) is 10.0 Å². The third-order valence-electron chi connectivity index (χ3n) is 6.00. The van der Waals surface area contributed by atoms with E-state index < -0.39 is 11.6 Å². The molecule has 0 saturated carbocycles. The molecule has 2 atom stereocenters. The normalized spacial score (nSPS) is 15.1. The summed E-state index contributed by atoms with van der Waals surface area (Å²) in [6, 6.07) is 9.02. The number of unbranched alkanes of at least 4 members (excludes halogenated alkanes) is 9. The zero-order valence-electron chi connectivity index (χ0n) is 19.2. The van der Waals surface area contributed by atoms with Crippen LogP contribution < -0.4 is 5.11 Å². The number of likely N-dealkylation sites (N-methyl/N-ethyl adjacent to an activating group) is 1. The second-order valence-electron chi connectivity index (χ2n) is 9.44. The minimum absolute atomic E-state index is 0.211. The molecule has 0 aliphatic rings. The highest BCUT2D eigenvalue weighted by Crippen LogP contribution is 2.36. The van der Waals surface area contributed by atoms with Crippen LogP contribution in [-0.4, -0.2) is 42.7 Å². The van der Waals surface area contributed by atoms with Gasteiger partial charge in [0, 0.05) is 18.8 Å². The first-order chi connectivity index (χ1) is 13.7. The number of rotatable bonds is 16. The summed E-state index contributed by atoms with van der Waals surface area (Å²) >= 11 is 0. The van der Waals surface area contributed by atoms with Crippen molar-refractivity contribution in [3.05, 3.63) is 35.9 Å². The van der Waals surface area contributed by atoms with Gasteiger partial charge in [0.25, 0.3) is 0 Å². The number of nitrogens with zero attached hydrogens (tertiary/aromatic N) is 1. The number of benzene rings is 1. The van der Waals surface area contributed by atoms with Gasteiger partial charge in [0.2, 0.25) is 0 Å². The molecule has 2 unspecified atom stereocenters. The molecule has 0 bridgehead atoms. The maximum Gasteiger partial charge on any atom is 0.146 e. The van der Waals surface area contributed by atoms with E-state index in [-0.39, 0.29) is 12.5 Å². The minimum atomic E-state index is -1.43. The van der Waals surface area contributed by atoms with Gasteiger partial charge >= 0.3 is 0 Å². The molecule has 0 spiro atoms. The van der Waals surface area contributed by atoms with E-state index in [1.54, 1.807) is 0 Å². The SMILES string of the molecule is CCCCCCCCCCCCC(C(O)(CC(=O)[O-])c1ccccc1)[N+](C)(C)C. The topological polar surface area (TPSA) is 60.4 Å². The Balaban J connectivity index is 2.63. The summed E-state index contributed by atoms with van der Waals surface area (Å²) in [6.07, 6.45) is 13.0. The third-order valence-corrected chi connectivity index (χ3v) is 6.00. The van der Waals surface area contributed by atoms with Crippen LogP contribution in [0.2, 0.25) is 0 Å². The Bertz CT molecular complexity index is 567. The summed E-state index contributed by atoms with van der Waals surface area (Å²) < 4.78 is 0.510. The fraction of sp³-hybridized carbons (Fsp3) is 0.720. The number of hydrogen-bond acceptors (Lipinski definition) is 3. The lowest BCUT2D eigenvalue weighted by Crippen LogP contribution is -2.58. The molecule has 0 aliphatic carbocycles. The molecule has 1 aromatic rings. The first-order valence-electron chi connectivity index (χ1n) is 11.5. The molecule has 0 heterocycles. The highest BCUT2D eigenvalue weighted by molar-refractivity contribution is 5.66. The van der Waals surface area contributed by atoms with E-state index in [4.69, 9.17) is 0 Å². The number of aliphatic carboxylic acids is 1. The quantitative estimate of drug-likeness (QED) is 0.327. The van der Waals surface area contributed by atoms with Crippen LogP contribution in [0.5, 0.6) is 0 Å². The lowest BCUT2D eigenvalue weighted by molar-refractivity contribution is -0.905. The molecule has 166 valence electrons. The molecule has 0 radical (unpaired) electrons. The maximum atomic E-state index is 11.6. The maximum absolute atomic E-state index is 11.6. The molecule has 1 N–H and O–H groups in total. The van der Waals surface area contributed by atoms with E-state index in [9.17, 15) is 15.0 Å². The molecule has 4 heteroatoms. The lowest BCUT2D eigenvalue weighted by Gasteiger charge is -2.45. The Kier molecular flexibility index (Phi) is 11.5. The largest absolute Gasteiger partial charge is 0.550 e. The standard InChI is InChI=1S/C25H43NO3/c1-5-6-7-8-9-10-11-12-13-17-20-23(26(2,3)4)25(29,21-24(27)28)22-18-15-14-16-19-22/h14-16,18-19,23,29H,5-13,17,20-21H2,1-4H3. The highest BCUT2D eigenvalue weighted by Gasteiger charge is 2.45. The van der Waals surface area contributed by atoms with Crippen LogP contribution in [0.4, 0.5) is 0 Å². The Labute approximate surface area is 178 Å². The minimum Gasteiger partial charge on any atom is -0.550 e. The third kappa shape index (κ3) is 9.31. The van der Waals surface area contributed by atoms with Crippen molar-refractivity contribution in [2.24, 2.45) is 0 Å². The molecular formula is C25H43NO3. The van der Waals surface area contributed by atoms with E-state index in [1.807, 2.05) is 51.5 Å². The van der Waals surface area contributed by atoms with E-state index in [0.717, 1.165) is 19.3 Å². The Morgan fingerprint density at radius 1 is 0.931 bits per heavy atom. The molecule has 0 amide bonds. The second-order valence-corrected chi connectivity index (χ2v) is 9.44. The van der Waals surface area contributed by atoms with Gasteiger partial charge in [-0.1, -0.05) is 95.0 Å². The summed E-state index contributed by atoms with van der Waals surface area (Å²) in [6.45, 7) is 2.25. The highest BCUT2D eigenvalue weighted by atomic mass is 16.4. The Morgan fingerprint density at radius 2 is 1.41 bits per heavy atom. The number of quaternary nitrogens is 1. The van der Waals surface area contributed by atoms with Gasteiger partial charge in [0.15, 0.2) is 0 Å². The molecule has 1 aromatic carbocycles. The van der Waals surface area contributed by atoms with Crippen LogP contribution in [0.1, 0.15) is 89.5 Å². The van der Waals surface area contributed by atoms with Crippen LogP contribution in [0, 0.1) is 0 Å².